The van der Waals surface area contributed by atoms with Gasteiger partial charge in [0.25, 0.3) is 0 Å². The maximum absolute atomic E-state index is 12.8. The molecule has 4 aliphatic carbocycles. The molecule has 0 heterocycles. The molecular formula is C27H28N2O6. The van der Waals surface area contributed by atoms with E-state index in [0.717, 1.165) is 30.4 Å². The number of carboxylic acids is 1. The number of nitrogens with one attached hydrogen (secondary N) is 2. The van der Waals surface area contributed by atoms with Crippen LogP contribution in [0.3, 0.4) is 0 Å². The number of fused-ring (bicyclic) bond motifs is 4. The molecule has 3 saturated carbocycles. The van der Waals surface area contributed by atoms with Crippen molar-refractivity contribution in [1.29, 1.82) is 0 Å². The van der Waals surface area contributed by atoms with Crippen molar-refractivity contribution in [1.82, 2.24) is 10.8 Å². The van der Waals surface area contributed by atoms with Gasteiger partial charge >= 0.3 is 12.1 Å². The van der Waals surface area contributed by atoms with Gasteiger partial charge in [0.15, 0.2) is 6.10 Å². The number of hydroxylamine groups is 1. The van der Waals surface area contributed by atoms with Gasteiger partial charge in [0.1, 0.15) is 6.61 Å². The molecule has 1 unspecified atom stereocenters. The second kappa shape index (κ2) is 8.37. The van der Waals surface area contributed by atoms with Crippen molar-refractivity contribution in [2.45, 2.75) is 50.2 Å². The summed E-state index contributed by atoms with van der Waals surface area (Å²) in [5, 5.41) is 12.2. The second-order valence-corrected chi connectivity index (χ2v) is 10.3. The van der Waals surface area contributed by atoms with E-state index in [0.29, 0.717) is 12.8 Å². The highest BCUT2D eigenvalue weighted by molar-refractivity contribution is 5.86. The first-order valence-electron chi connectivity index (χ1n) is 12.3. The van der Waals surface area contributed by atoms with Crippen molar-refractivity contribution in [3.63, 3.8) is 0 Å². The third-order valence-corrected chi connectivity index (χ3v) is 8.10. The fraction of sp³-hybridized carbons (Fsp3) is 0.444. The molecule has 2 amide bonds. The molecule has 182 valence electrons. The van der Waals surface area contributed by atoms with Crippen LogP contribution >= 0.6 is 0 Å². The topological polar surface area (TPSA) is 114 Å². The van der Waals surface area contributed by atoms with Crippen molar-refractivity contribution in [2.24, 2.45) is 17.3 Å². The maximum atomic E-state index is 12.8. The van der Waals surface area contributed by atoms with E-state index in [4.69, 9.17) is 9.57 Å². The van der Waals surface area contributed by atoms with Gasteiger partial charge in [-0.05, 0) is 66.2 Å². The summed E-state index contributed by atoms with van der Waals surface area (Å²) in [6.45, 7) is 0.243. The summed E-state index contributed by atoms with van der Waals surface area (Å²) in [5.41, 5.74) is 6.48. The summed E-state index contributed by atoms with van der Waals surface area (Å²) < 4.78 is 5.64. The van der Waals surface area contributed by atoms with E-state index in [9.17, 15) is 19.5 Å². The van der Waals surface area contributed by atoms with Gasteiger partial charge in [0.05, 0.1) is 5.41 Å². The zero-order valence-corrected chi connectivity index (χ0v) is 19.2. The Morgan fingerprint density at radius 3 is 2.29 bits per heavy atom. The molecule has 0 spiro atoms. The first-order chi connectivity index (χ1) is 17.0. The summed E-state index contributed by atoms with van der Waals surface area (Å²) in [7, 11) is 0. The number of aliphatic carboxylic acids is 1. The predicted molar refractivity (Wildman–Crippen MR) is 125 cm³/mol. The van der Waals surface area contributed by atoms with Crippen molar-refractivity contribution < 1.29 is 29.1 Å². The van der Waals surface area contributed by atoms with Crippen LogP contribution in [0.1, 0.15) is 49.1 Å². The minimum atomic E-state index is -1.06. The smallest absolute Gasteiger partial charge is 0.407 e. The molecule has 35 heavy (non-hydrogen) atoms. The van der Waals surface area contributed by atoms with Crippen LogP contribution in [0.15, 0.2) is 48.5 Å². The first-order valence-corrected chi connectivity index (χ1v) is 12.3. The highest BCUT2D eigenvalue weighted by Crippen LogP contribution is 2.63. The van der Waals surface area contributed by atoms with Crippen molar-refractivity contribution >= 4 is 18.0 Å². The number of hydrogen-bond acceptors (Lipinski definition) is 5. The van der Waals surface area contributed by atoms with Gasteiger partial charge in [-0.25, -0.2) is 15.1 Å². The average molecular weight is 477 g/mol. The van der Waals surface area contributed by atoms with E-state index in [2.05, 4.69) is 35.1 Å². The minimum Gasteiger partial charge on any atom is -0.479 e. The van der Waals surface area contributed by atoms with Crippen LogP contribution in [-0.2, 0) is 19.2 Å². The molecule has 8 heteroatoms. The Kier molecular flexibility index (Phi) is 5.29. The molecule has 0 bridgehead atoms. The van der Waals surface area contributed by atoms with Gasteiger partial charge in [-0.1, -0.05) is 48.5 Å². The Morgan fingerprint density at radius 2 is 1.66 bits per heavy atom. The van der Waals surface area contributed by atoms with Crippen LogP contribution in [-0.4, -0.2) is 41.8 Å². The number of carboxylic acid groups (broad SMARTS) is 1. The normalized spacial score (nSPS) is 26.7. The molecule has 4 aliphatic rings. The van der Waals surface area contributed by atoms with E-state index in [1.54, 1.807) is 0 Å². The van der Waals surface area contributed by atoms with E-state index in [1.807, 2.05) is 24.3 Å². The van der Waals surface area contributed by atoms with Crippen LogP contribution in [0.2, 0.25) is 0 Å². The Balaban J connectivity index is 1.02. The Morgan fingerprint density at radius 1 is 1.00 bits per heavy atom. The van der Waals surface area contributed by atoms with Gasteiger partial charge < -0.3 is 15.2 Å². The van der Waals surface area contributed by atoms with Crippen LogP contribution in [0.25, 0.3) is 11.1 Å². The molecule has 6 rings (SSSR count). The molecule has 0 radical (unpaired) electrons. The van der Waals surface area contributed by atoms with E-state index >= 15 is 0 Å². The highest BCUT2D eigenvalue weighted by Gasteiger charge is 2.65. The molecule has 0 saturated heterocycles. The maximum Gasteiger partial charge on any atom is 0.407 e. The van der Waals surface area contributed by atoms with E-state index in [-0.39, 0.29) is 36.3 Å². The van der Waals surface area contributed by atoms with Crippen LogP contribution in [0, 0.1) is 17.3 Å². The zero-order chi connectivity index (χ0) is 24.2. The Bertz CT molecular complexity index is 1150. The molecule has 0 aliphatic heterocycles. The summed E-state index contributed by atoms with van der Waals surface area (Å²) in [6.07, 6.45) is 2.04. The molecule has 0 aromatic heterocycles. The number of benzene rings is 2. The number of alkyl carbamates (subject to hydrolysis) is 1. The lowest BCUT2D eigenvalue weighted by molar-refractivity contribution is -0.164. The number of amides is 2. The fourth-order valence-electron chi connectivity index (χ4n) is 6.06. The molecule has 2 aromatic rings. The summed E-state index contributed by atoms with van der Waals surface area (Å²) in [5.74, 6) is -1.22. The summed E-state index contributed by atoms with van der Waals surface area (Å²) >= 11 is 0. The highest BCUT2D eigenvalue weighted by atomic mass is 16.7. The van der Waals surface area contributed by atoms with Crippen LogP contribution in [0.5, 0.6) is 0 Å². The standard InChI is InChI=1S/C27H28N2O6/c30-24(31)23(15-9-10-15)35-29-25(32)27-12-16(27)11-17(13-27)28-26(33)34-14-22-20-7-3-1-5-18(20)19-6-2-4-8-21(19)22/h1-8,15-17,22-23H,9-14H2,(H,28,33)(H,29,32)(H,30,31)/t16-,17+,23?,27+/m1/s1. The van der Waals surface area contributed by atoms with Gasteiger partial charge in [0.2, 0.25) is 5.91 Å². The Labute approximate surface area is 202 Å². The zero-order valence-electron chi connectivity index (χ0n) is 19.2. The lowest BCUT2D eigenvalue weighted by Crippen LogP contribution is -2.41. The monoisotopic (exact) mass is 476 g/mol. The molecule has 4 atom stereocenters. The Hall–Kier alpha value is -3.39. The number of ether oxygens (including phenoxy) is 1. The minimum absolute atomic E-state index is 0.00644. The molecule has 8 nitrogen and oxygen atoms in total. The van der Waals surface area contributed by atoms with Crippen LogP contribution < -0.4 is 10.8 Å². The average Bonchev–Trinajstić information content (AvgIpc) is 3.75. The van der Waals surface area contributed by atoms with Crippen molar-refractivity contribution in [3.8, 4) is 11.1 Å². The summed E-state index contributed by atoms with van der Waals surface area (Å²) in [6, 6.07) is 16.2. The number of carbonyl (C=O) groups is 3. The number of carbonyl (C=O) groups excluding carboxylic acids is 2. The van der Waals surface area contributed by atoms with Crippen molar-refractivity contribution in [2.75, 3.05) is 6.61 Å². The lowest BCUT2D eigenvalue weighted by Gasteiger charge is -2.20. The molecule has 3 fully saturated rings. The summed E-state index contributed by atoms with van der Waals surface area (Å²) in [4.78, 5) is 42.0. The lowest BCUT2D eigenvalue weighted by atomic mass is 9.98. The number of hydrogen-bond donors (Lipinski definition) is 3. The van der Waals surface area contributed by atoms with E-state index < -0.39 is 23.6 Å². The SMILES string of the molecule is O=C(N[C@H]1C[C@@H]2C[C@]2(C(=O)NOC(C(=O)O)C2CC2)C1)OCC1c2ccccc2-c2ccccc21. The second-order valence-electron chi connectivity index (χ2n) is 10.3. The largest absolute Gasteiger partial charge is 0.479 e. The van der Waals surface area contributed by atoms with Crippen LogP contribution in [0.4, 0.5) is 4.79 Å². The van der Waals surface area contributed by atoms with Gasteiger partial charge in [-0.15, -0.1) is 0 Å². The quantitative estimate of drug-likeness (QED) is 0.502. The predicted octanol–water partition coefficient (Wildman–Crippen LogP) is 3.60. The third kappa shape index (κ3) is 3.95. The van der Waals surface area contributed by atoms with Crippen molar-refractivity contribution in [3.05, 3.63) is 59.7 Å². The fourth-order valence-corrected chi connectivity index (χ4v) is 6.06. The molecule has 2 aromatic carbocycles. The van der Waals surface area contributed by atoms with Gasteiger partial charge in [-0.3, -0.25) is 9.63 Å². The third-order valence-electron chi connectivity index (χ3n) is 8.10. The van der Waals surface area contributed by atoms with Gasteiger partial charge in [0, 0.05) is 12.0 Å². The first kappa shape index (κ1) is 22.1. The molecule has 3 N–H and O–H groups in total. The molecular weight excluding hydrogens is 448 g/mol. The number of rotatable bonds is 8. The van der Waals surface area contributed by atoms with Gasteiger partial charge in [-0.2, -0.15) is 0 Å². The van der Waals surface area contributed by atoms with E-state index in [1.165, 1.54) is 11.1 Å².